The lowest BCUT2D eigenvalue weighted by Gasteiger charge is -2.62. The molecule has 0 N–H and O–H groups in total. The summed E-state index contributed by atoms with van der Waals surface area (Å²) >= 11 is 0. The smallest absolute Gasteiger partial charge is 0.139 e. The summed E-state index contributed by atoms with van der Waals surface area (Å²) < 4.78 is 0. The molecular formula is C12H18O. The molecule has 0 saturated heterocycles. The zero-order chi connectivity index (χ0) is 9.43. The van der Waals surface area contributed by atoms with Crippen molar-refractivity contribution in [3.8, 4) is 0 Å². The highest BCUT2D eigenvalue weighted by molar-refractivity contribution is 5.90. The van der Waals surface area contributed by atoms with Crippen LogP contribution in [0.25, 0.3) is 0 Å². The van der Waals surface area contributed by atoms with Crippen molar-refractivity contribution in [1.29, 1.82) is 0 Å². The third kappa shape index (κ3) is 0.572. The number of carbonyl (C=O) groups is 1. The van der Waals surface area contributed by atoms with Crippen molar-refractivity contribution in [3.05, 3.63) is 0 Å². The van der Waals surface area contributed by atoms with Gasteiger partial charge in [0, 0.05) is 11.8 Å². The fourth-order valence-corrected chi connectivity index (χ4v) is 4.97. The Morgan fingerprint density at radius 2 is 2.00 bits per heavy atom. The van der Waals surface area contributed by atoms with Crippen LogP contribution in [0.3, 0.4) is 0 Å². The SMILES string of the molecule is CC(C)C12CC3CC1(C)CC2C3=O. The predicted molar refractivity (Wildman–Crippen MR) is 51.2 cm³/mol. The summed E-state index contributed by atoms with van der Waals surface area (Å²) in [6, 6.07) is 0. The van der Waals surface area contributed by atoms with Gasteiger partial charge < -0.3 is 0 Å². The van der Waals surface area contributed by atoms with E-state index in [2.05, 4.69) is 20.8 Å². The molecular weight excluding hydrogens is 160 g/mol. The standard InChI is InChI=1S/C12H18O/c1-7(2)12-5-8-4-11(12,3)6-9(12)10(8)13/h7-9H,4-6H2,1-3H3. The summed E-state index contributed by atoms with van der Waals surface area (Å²) in [6.07, 6.45) is 3.60. The van der Waals surface area contributed by atoms with Crippen LogP contribution in [0, 0.1) is 28.6 Å². The molecule has 0 aromatic carbocycles. The van der Waals surface area contributed by atoms with E-state index >= 15 is 0 Å². The second-order valence-corrected chi connectivity index (χ2v) is 6.02. The molecule has 0 heterocycles. The molecule has 0 aliphatic heterocycles. The minimum atomic E-state index is 0.425. The van der Waals surface area contributed by atoms with Crippen molar-refractivity contribution in [2.45, 2.75) is 40.0 Å². The van der Waals surface area contributed by atoms with Gasteiger partial charge in [0.2, 0.25) is 0 Å². The van der Waals surface area contributed by atoms with Gasteiger partial charge in [-0.05, 0) is 36.0 Å². The minimum absolute atomic E-state index is 0.425. The summed E-state index contributed by atoms with van der Waals surface area (Å²) in [6.45, 7) is 7.03. The van der Waals surface area contributed by atoms with Crippen molar-refractivity contribution >= 4 is 5.78 Å². The average Bonchev–Trinajstić information content (AvgIpc) is 2.36. The van der Waals surface area contributed by atoms with E-state index in [-0.39, 0.29) is 0 Å². The molecule has 1 nitrogen and oxygen atoms in total. The molecule has 2 bridgehead atoms. The fraction of sp³-hybridized carbons (Fsp3) is 0.917. The average molecular weight is 178 g/mol. The highest BCUT2D eigenvalue weighted by Gasteiger charge is 2.76. The van der Waals surface area contributed by atoms with E-state index in [1.165, 1.54) is 19.3 Å². The van der Waals surface area contributed by atoms with Gasteiger partial charge in [-0.2, -0.15) is 0 Å². The Kier molecular flexibility index (Phi) is 1.15. The lowest BCUT2D eigenvalue weighted by Crippen LogP contribution is -2.59. The summed E-state index contributed by atoms with van der Waals surface area (Å²) in [5, 5.41) is 0. The molecule has 0 aromatic heterocycles. The highest BCUT2D eigenvalue weighted by atomic mass is 16.1. The van der Waals surface area contributed by atoms with Crippen LogP contribution in [0.1, 0.15) is 40.0 Å². The molecule has 3 aliphatic rings. The van der Waals surface area contributed by atoms with E-state index in [9.17, 15) is 4.79 Å². The predicted octanol–water partition coefficient (Wildman–Crippen LogP) is 2.65. The number of fused-ring (bicyclic) bond motifs is 1. The Morgan fingerprint density at radius 1 is 1.31 bits per heavy atom. The molecule has 0 aromatic rings. The van der Waals surface area contributed by atoms with Gasteiger partial charge in [0.1, 0.15) is 5.78 Å². The van der Waals surface area contributed by atoms with Crippen molar-refractivity contribution in [3.63, 3.8) is 0 Å². The van der Waals surface area contributed by atoms with E-state index in [4.69, 9.17) is 0 Å². The normalized spacial score (nSPS) is 57.4. The first-order valence-corrected chi connectivity index (χ1v) is 5.55. The van der Waals surface area contributed by atoms with Crippen LogP contribution in [0.2, 0.25) is 0 Å². The van der Waals surface area contributed by atoms with Gasteiger partial charge >= 0.3 is 0 Å². The molecule has 3 aliphatic carbocycles. The first kappa shape index (κ1) is 8.02. The molecule has 0 amide bonds. The van der Waals surface area contributed by atoms with E-state index in [1.807, 2.05) is 0 Å². The zero-order valence-electron chi connectivity index (χ0n) is 8.76. The van der Waals surface area contributed by atoms with Gasteiger partial charge in [0.15, 0.2) is 0 Å². The van der Waals surface area contributed by atoms with Crippen LogP contribution in [-0.2, 0) is 4.79 Å². The molecule has 0 radical (unpaired) electrons. The van der Waals surface area contributed by atoms with Crippen LogP contribution in [0.15, 0.2) is 0 Å². The Bertz CT molecular complexity index is 293. The fourth-order valence-electron chi connectivity index (χ4n) is 4.97. The minimum Gasteiger partial charge on any atom is -0.299 e. The van der Waals surface area contributed by atoms with Crippen LogP contribution in [0.4, 0.5) is 0 Å². The number of carbonyl (C=O) groups excluding carboxylic acids is 1. The quantitative estimate of drug-likeness (QED) is 0.603. The van der Waals surface area contributed by atoms with E-state index in [0.29, 0.717) is 34.4 Å². The summed E-state index contributed by atoms with van der Waals surface area (Å²) in [5.74, 6) is 2.22. The molecule has 3 fully saturated rings. The largest absolute Gasteiger partial charge is 0.299 e. The third-order valence-electron chi connectivity index (χ3n) is 5.46. The van der Waals surface area contributed by atoms with Crippen LogP contribution < -0.4 is 0 Å². The number of hydrogen-bond acceptors (Lipinski definition) is 1. The molecule has 13 heavy (non-hydrogen) atoms. The molecule has 0 spiro atoms. The molecule has 3 rings (SSSR count). The summed E-state index contributed by atoms with van der Waals surface area (Å²) in [7, 11) is 0. The van der Waals surface area contributed by atoms with Gasteiger partial charge in [0.05, 0.1) is 0 Å². The van der Waals surface area contributed by atoms with Crippen molar-refractivity contribution in [1.82, 2.24) is 0 Å². The summed E-state index contributed by atoms with van der Waals surface area (Å²) in [5.41, 5.74) is 0.958. The molecule has 1 heteroatoms. The van der Waals surface area contributed by atoms with Gasteiger partial charge in [-0.25, -0.2) is 0 Å². The number of hydrogen-bond donors (Lipinski definition) is 0. The van der Waals surface area contributed by atoms with Gasteiger partial charge in [-0.1, -0.05) is 20.8 Å². The first-order valence-electron chi connectivity index (χ1n) is 5.55. The lowest BCUT2D eigenvalue weighted by atomic mass is 9.41. The number of ketones is 1. The zero-order valence-corrected chi connectivity index (χ0v) is 8.76. The van der Waals surface area contributed by atoms with Crippen molar-refractivity contribution in [2.75, 3.05) is 0 Å². The maximum Gasteiger partial charge on any atom is 0.139 e. The highest BCUT2D eigenvalue weighted by Crippen LogP contribution is 2.79. The second kappa shape index (κ2) is 1.87. The molecule has 4 atom stereocenters. The Labute approximate surface area is 79.9 Å². The van der Waals surface area contributed by atoms with Crippen molar-refractivity contribution < 1.29 is 4.79 Å². The summed E-state index contributed by atoms with van der Waals surface area (Å²) in [4.78, 5) is 11.9. The maximum atomic E-state index is 11.9. The van der Waals surface area contributed by atoms with Crippen molar-refractivity contribution in [2.24, 2.45) is 28.6 Å². The Morgan fingerprint density at radius 3 is 2.38 bits per heavy atom. The van der Waals surface area contributed by atoms with Gasteiger partial charge in [-0.15, -0.1) is 0 Å². The van der Waals surface area contributed by atoms with Crippen LogP contribution in [-0.4, -0.2) is 5.78 Å². The first-order chi connectivity index (χ1) is 6.01. The molecule has 72 valence electrons. The van der Waals surface area contributed by atoms with E-state index in [1.54, 1.807) is 0 Å². The number of Topliss-reactive ketones (excluding diaryl/α,β-unsaturated/α-hetero) is 1. The lowest BCUT2D eigenvalue weighted by molar-refractivity contribution is -0.167. The van der Waals surface area contributed by atoms with E-state index in [0.717, 1.165) is 0 Å². The molecule has 3 saturated carbocycles. The van der Waals surface area contributed by atoms with Gasteiger partial charge in [-0.3, -0.25) is 4.79 Å². The monoisotopic (exact) mass is 178 g/mol. The number of rotatable bonds is 1. The maximum absolute atomic E-state index is 11.9. The van der Waals surface area contributed by atoms with E-state index < -0.39 is 0 Å². The van der Waals surface area contributed by atoms with Crippen LogP contribution in [0.5, 0.6) is 0 Å². The Balaban J connectivity index is 2.10. The topological polar surface area (TPSA) is 17.1 Å². The molecule has 4 unspecified atom stereocenters. The third-order valence-corrected chi connectivity index (χ3v) is 5.46. The van der Waals surface area contributed by atoms with Gasteiger partial charge in [0.25, 0.3) is 0 Å². The second-order valence-electron chi connectivity index (χ2n) is 6.02. The van der Waals surface area contributed by atoms with Crippen LogP contribution >= 0.6 is 0 Å². The Hall–Kier alpha value is -0.330.